The molecule has 2 aromatic heterocycles. The molecule has 1 aliphatic carbocycles. The molecule has 17 heavy (non-hydrogen) atoms. The number of hydrogen-bond donors (Lipinski definition) is 1. The summed E-state index contributed by atoms with van der Waals surface area (Å²) in [5.41, 5.74) is 7.20. The van der Waals surface area contributed by atoms with Crippen LogP contribution in [0.25, 0.3) is 4.96 Å². The summed E-state index contributed by atoms with van der Waals surface area (Å²) < 4.78 is 2.18. The second kappa shape index (κ2) is 3.99. The van der Waals surface area contributed by atoms with Crippen LogP contribution in [0.5, 0.6) is 0 Å². The van der Waals surface area contributed by atoms with Gasteiger partial charge in [-0.15, -0.1) is 11.3 Å². The van der Waals surface area contributed by atoms with Gasteiger partial charge in [-0.25, -0.2) is 4.98 Å². The van der Waals surface area contributed by atoms with Crippen molar-refractivity contribution in [2.45, 2.75) is 38.3 Å². The molecule has 1 atom stereocenters. The number of nitrogens with zero attached hydrogens (tertiary/aromatic N) is 3. The number of aromatic nitrogens is 2. The maximum Gasteiger partial charge on any atom is 0.195 e. The first-order valence-corrected chi connectivity index (χ1v) is 6.97. The molecule has 1 unspecified atom stereocenters. The van der Waals surface area contributed by atoms with Crippen molar-refractivity contribution in [2.75, 3.05) is 11.9 Å². The molecule has 0 saturated heterocycles. The van der Waals surface area contributed by atoms with Crippen LogP contribution in [0, 0.1) is 0 Å². The summed E-state index contributed by atoms with van der Waals surface area (Å²) in [7, 11) is 2.15. The first-order valence-electron chi connectivity index (χ1n) is 6.09. The van der Waals surface area contributed by atoms with E-state index in [1.165, 1.54) is 18.5 Å². The van der Waals surface area contributed by atoms with Crippen LogP contribution in [0.1, 0.15) is 25.5 Å². The Kier molecular flexibility index (Phi) is 2.60. The van der Waals surface area contributed by atoms with E-state index in [2.05, 4.69) is 27.9 Å². The third-order valence-electron chi connectivity index (χ3n) is 3.28. The molecule has 2 heterocycles. The number of thiazole rings is 1. The third kappa shape index (κ3) is 1.93. The minimum atomic E-state index is 0.168. The van der Waals surface area contributed by atoms with E-state index in [-0.39, 0.29) is 6.04 Å². The largest absolute Gasteiger partial charge is 0.355 e. The first kappa shape index (κ1) is 11.0. The summed E-state index contributed by atoms with van der Waals surface area (Å²) in [6.07, 6.45) is 5.55. The molecule has 2 aromatic rings. The minimum Gasteiger partial charge on any atom is -0.355 e. The Bertz CT molecular complexity index is 524. The van der Waals surface area contributed by atoms with Crippen LogP contribution in [-0.2, 0) is 6.42 Å². The summed E-state index contributed by atoms with van der Waals surface area (Å²) in [6, 6.07) is 0.854. The standard InChI is InChI=1S/C12H18N4S/c1-8(13)7-10-11(15(2)9-3-4-9)14-12-16(10)5-6-17-12/h5-6,8-9H,3-4,7,13H2,1-2H3. The lowest BCUT2D eigenvalue weighted by Crippen LogP contribution is -2.24. The molecule has 3 rings (SSSR count). The van der Waals surface area contributed by atoms with Crippen molar-refractivity contribution in [2.24, 2.45) is 5.73 Å². The maximum atomic E-state index is 5.95. The zero-order chi connectivity index (χ0) is 12.0. The maximum absolute atomic E-state index is 5.95. The molecular weight excluding hydrogens is 232 g/mol. The average Bonchev–Trinajstić information content (AvgIpc) is 2.93. The van der Waals surface area contributed by atoms with Gasteiger partial charge in [-0.05, 0) is 19.8 Å². The van der Waals surface area contributed by atoms with Gasteiger partial charge < -0.3 is 10.6 Å². The highest BCUT2D eigenvalue weighted by molar-refractivity contribution is 7.15. The number of fused-ring (bicyclic) bond motifs is 1. The fourth-order valence-electron chi connectivity index (χ4n) is 2.23. The molecule has 0 radical (unpaired) electrons. The summed E-state index contributed by atoms with van der Waals surface area (Å²) >= 11 is 1.68. The van der Waals surface area contributed by atoms with Crippen LogP contribution in [0.15, 0.2) is 11.6 Å². The molecule has 1 fully saturated rings. The molecule has 0 amide bonds. The molecule has 0 aromatic carbocycles. The molecule has 0 bridgehead atoms. The zero-order valence-electron chi connectivity index (χ0n) is 10.3. The van der Waals surface area contributed by atoms with Gasteiger partial charge in [0.25, 0.3) is 0 Å². The molecular formula is C12H18N4S. The van der Waals surface area contributed by atoms with E-state index in [9.17, 15) is 0 Å². The van der Waals surface area contributed by atoms with Crippen molar-refractivity contribution in [1.82, 2.24) is 9.38 Å². The van der Waals surface area contributed by atoms with Gasteiger partial charge in [0.1, 0.15) is 0 Å². The van der Waals surface area contributed by atoms with Gasteiger partial charge in [0.15, 0.2) is 10.8 Å². The fourth-order valence-corrected chi connectivity index (χ4v) is 2.96. The normalized spacial score (nSPS) is 17.6. The van der Waals surface area contributed by atoms with Crippen LogP contribution < -0.4 is 10.6 Å². The number of hydrogen-bond acceptors (Lipinski definition) is 4. The SMILES string of the molecule is CC(N)Cc1c(N(C)C2CC2)nc2sccn12. The molecule has 4 nitrogen and oxygen atoms in total. The highest BCUT2D eigenvalue weighted by Crippen LogP contribution is 2.33. The van der Waals surface area contributed by atoms with Gasteiger partial charge >= 0.3 is 0 Å². The van der Waals surface area contributed by atoms with E-state index in [1.54, 1.807) is 11.3 Å². The van der Waals surface area contributed by atoms with Crippen molar-refractivity contribution in [3.8, 4) is 0 Å². The molecule has 0 aliphatic heterocycles. The lowest BCUT2D eigenvalue weighted by molar-refractivity contribution is 0.713. The van der Waals surface area contributed by atoms with E-state index in [0.29, 0.717) is 6.04 Å². The predicted octanol–water partition coefficient (Wildman–Crippen LogP) is 1.88. The van der Waals surface area contributed by atoms with Crippen LogP contribution in [-0.4, -0.2) is 28.5 Å². The second-order valence-corrected chi connectivity index (χ2v) is 5.83. The molecule has 92 valence electrons. The Morgan fingerprint density at radius 3 is 3.06 bits per heavy atom. The Balaban J connectivity index is 2.04. The summed E-state index contributed by atoms with van der Waals surface area (Å²) in [5.74, 6) is 1.12. The fraction of sp³-hybridized carbons (Fsp3) is 0.583. The Morgan fingerprint density at radius 1 is 1.65 bits per heavy atom. The van der Waals surface area contributed by atoms with Gasteiger partial charge in [-0.2, -0.15) is 0 Å². The average molecular weight is 250 g/mol. The van der Waals surface area contributed by atoms with Crippen molar-refractivity contribution in [1.29, 1.82) is 0 Å². The van der Waals surface area contributed by atoms with Crippen LogP contribution in [0.2, 0.25) is 0 Å². The van der Waals surface area contributed by atoms with Crippen molar-refractivity contribution in [3.05, 3.63) is 17.3 Å². The van der Waals surface area contributed by atoms with E-state index in [0.717, 1.165) is 17.2 Å². The van der Waals surface area contributed by atoms with E-state index in [1.807, 2.05) is 6.92 Å². The molecule has 1 aliphatic rings. The minimum absolute atomic E-state index is 0.168. The van der Waals surface area contributed by atoms with Crippen LogP contribution in [0.4, 0.5) is 5.82 Å². The highest BCUT2D eigenvalue weighted by Gasteiger charge is 2.30. The van der Waals surface area contributed by atoms with E-state index < -0.39 is 0 Å². The smallest absolute Gasteiger partial charge is 0.195 e. The monoisotopic (exact) mass is 250 g/mol. The van der Waals surface area contributed by atoms with Crippen molar-refractivity contribution >= 4 is 22.1 Å². The second-order valence-electron chi connectivity index (χ2n) is 4.96. The first-order chi connectivity index (χ1) is 8.16. The summed E-state index contributed by atoms with van der Waals surface area (Å²) in [5, 5.41) is 2.08. The topological polar surface area (TPSA) is 46.6 Å². The summed E-state index contributed by atoms with van der Waals surface area (Å²) in [6.45, 7) is 2.05. The Labute approximate surface area is 105 Å². The highest BCUT2D eigenvalue weighted by atomic mass is 32.1. The lowest BCUT2D eigenvalue weighted by Gasteiger charge is -2.18. The van der Waals surface area contributed by atoms with Crippen molar-refractivity contribution < 1.29 is 0 Å². The van der Waals surface area contributed by atoms with Crippen LogP contribution in [0.3, 0.4) is 0 Å². The van der Waals surface area contributed by atoms with Crippen LogP contribution >= 0.6 is 11.3 Å². The quantitative estimate of drug-likeness (QED) is 0.901. The van der Waals surface area contributed by atoms with Crippen molar-refractivity contribution in [3.63, 3.8) is 0 Å². The molecule has 0 spiro atoms. The van der Waals surface area contributed by atoms with Gasteiger partial charge in [0.2, 0.25) is 0 Å². The summed E-state index contributed by atoms with van der Waals surface area (Å²) in [4.78, 5) is 8.13. The van der Waals surface area contributed by atoms with Gasteiger partial charge in [-0.3, -0.25) is 4.40 Å². The third-order valence-corrected chi connectivity index (χ3v) is 4.04. The van der Waals surface area contributed by atoms with E-state index >= 15 is 0 Å². The Morgan fingerprint density at radius 2 is 2.41 bits per heavy atom. The Hall–Kier alpha value is -1.07. The molecule has 1 saturated carbocycles. The zero-order valence-corrected chi connectivity index (χ0v) is 11.1. The van der Waals surface area contributed by atoms with Gasteiger partial charge in [-0.1, -0.05) is 0 Å². The number of rotatable bonds is 4. The molecule has 5 heteroatoms. The van der Waals surface area contributed by atoms with Gasteiger partial charge in [0, 0.05) is 37.1 Å². The number of imidazole rings is 1. The number of nitrogens with two attached hydrogens (primary N) is 1. The lowest BCUT2D eigenvalue weighted by atomic mass is 10.2. The predicted molar refractivity (Wildman–Crippen MR) is 71.8 cm³/mol. The van der Waals surface area contributed by atoms with E-state index in [4.69, 9.17) is 10.7 Å². The number of anilines is 1. The van der Waals surface area contributed by atoms with Gasteiger partial charge in [0.05, 0.1) is 5.69 Å². The molecule has 2 N–H and O–H groups in total.